The number of amides is 1. The Labute approximate surface area is 152 Å². The van der Waals surface area contributed by atoms with Crippen LogP contribution in [0.1, 0.15) is 10.5 Å². The van der Waals surface area contributed by atoms with E-state index in [2.05, 4.69) is 15.4 Å². The van der Waals surface area contributed by atoms with Crippen molar-refractivity contribution < 1.29 is 4.79 Å². The molecule has 2 aromatic carbocycles. The second-order valence-electron chi connectivity index (χ2n) is 5.68. The van der Waals surface area contributed by atoms with Crippen molar-refractivity contribution >= 4 is 33.1 Å². The van der Waals surface area contributed by atoms with Crippen LogP contribution >= 0.6 is 11.3 Å². The van der Waals surface area contributed by atoms with Gasteiger partial charge in [0, 0.05) is 23.4 Å². The van der Waals surface area contributed by atoms with Crippen molar-refractivity contribution in [3.8, 4) is 11.3 Å². The fourth-order valence-electron chi connectivity index (χ4n) is 2.70. The van der Waals surface area contributed by atoms with Crippen LogP contribution in [0, 0.1) is 0 Å². The van der Waals surface area contributed by atoms with Crippen LogP contribution in [0.4, 0.5) is 5.13 Å². The van der Waals surface area contributed by atoms with Crippen molar-refractivity contribution in [1.29, 1.82) is 0 Å². The standard InChI is InChI=1S/C19H14N4O2S/c1-23-18(25)14-10-6-5-9-13(14)16(22-23)17(24)21-19-20-15(11-26-19)12-7-3-2-4-8-12/h2-11H,1H3,(H,20,21,24). The number of benzene rings is 2. The highest BCUT2D eigenvalue weighted by atomic mass is 32.1. The molecule has 0 radical (unpaired) electrons. The lowest BCUT2D eigenvalue weighted by Gasteiger charge is -2.07. The Morgan fingerprint density at radius 2 is 1.73 bits per heavy atom. The van der Waals surface area contributed by atoms with Gasteiger partial charge in [0.2, 0.25) is 0 Å². The molecule has 0 aliphatic rings. The normalized spacial score (nSPS) is 10.8. The zero-order chi connectivity index (χ0) is 18.1. The fourth-order valence-corrected chi connectivity index (χ4v) is 3.41. The van der Waals surface area contributed by atoms with Gasteiger partial charge in [-0.1, -0.05) is 48.5 Å². The smallest absolute Gasteiger partial charge is 0.278 e. The summed E-state index contributed by atoms with van der Waals surface area (Å²) in [4.78, 5) is 29.4. The molecular formula is C19H14N4O2S. The molecule has 26 heavy (non-hydrogen) atoms. The third-order valence-corrected chi connectivity index (χ3v) is 4.72. The highest BCUT2D eigenvalue weighted by Gasteiger charge is 2.17. The lowest BCUT2D eigenvalue weighted by molar-refractivity contribution is 0.102. The van der Waals surface area contributed by atoms with E-state index >= 15 is 0 Å². The Morgan fingerprint density at radius 1 is 1.04 bits per heavy atom. The van der Waals surface area contributed by atoms with Crippen molar-refractivity contribution in [2.75, 3.05) is 5.32 Å². The Kier molecular flexibility index (Phi) is 4.06. The van der Waals surface area contributed by atoms with E-state index in [1.807, 2.05) is 35.7 Å². The molecule has 0 aliphatic heterocycles. The first-order valence-electron chi connectivity index (χ1n) is 7.92. The number of carbonyl (C=O) groups excluding carboxylic acids is 1. The van der Waals surface area contributed by atoms with Crippen molar-refractivity contribution in [3.05, 3.63) is 76.0 Å². The van der Waals surface area contributed by atoms with Crippen LogP contribution in [-0.4, -0.2) is 20.7 Å². The largest absolute Gasteiger partial charge is 0.296 e. The number of hydrogen-bond acceptors (Lipinski definition) is 5. The highest BCUT2D eigenvalue weighted by Crippen LogP contribution is 2.25. The first-order valence-corrected chi connectivity index (χ1v) is 8.80. The molecule has 0 saturated heterocycles. The summed E-state index contributed by atoms with van der Waals surface area (Å²) in [6.07, 6.45) is 0. The molecule has 1 amide bonds. The minimum absolute atomic E-state index is 0.194. The Hall–Kier alpha value is -3.32. The maximum absolute atomic E-state index is 12.7. The molecule has 0 atom stereocenters. The zero-order valence-corrected chi connectivity index (χ0v) is 14.7. The number of nitrogens with one attached hydrogen (secondary N) is 1. The third kappa shape index (κ3) is 2.89. The van der Waals surface area contributed by atoms with Crippen LogP contribution in [-0.2, 0) is 7.05 Å². The van der Waals surface area contributed by atoms with Crippen molar-refractivity contribution in [2.45, 2.75) is 0 Å². The number of thiazole rings is 1. The molecule has 2 aromatic heterocycles. The summed E-state index contributed by atoms with van der Waals surface area (Å²) in [6.45, 7) is 0. The monoisotopic (exact) mass is 362 g/mol. The number of rotatable bonds is 3. The minimum atomic E-state index is -0.397. The topological polar surface area (TPSA) is 76.9 Å². The van der Waals surface area contributed by atoms with E-state index in [1.165, 1.54) is 23.1 Å². The summed E-state index contributed by atoms with van der Waals surface area (Å²) in [5, 5.41) is 10.3. The van der Waals surface area contributed by atoms with Gasteiger partial charge in [0.25, 0.3) is 11.5 Å². The lowest BCUT2D eigenvalue weighted by atomic mass is 10.1. The van der Waals surface area contributed by atoms with Crippen LogP contribution in [0.2, 0.25) is 0 Å². The first-order chi connectivity index (χ1) is 12.6. The van der Waals surface area contributed by atoms with E-state index in [1.54, 1.807) is 24.3 Å². The van der Waals surface area contributed by atoms with Crippen molar-refractivity contribution in [2.24, 2.45) is 7.05 Å². The molecule has 6 nitrogen and oxygen atoms in total. The number of anilines is 1. The highest BCUT2D eigenvalue weighted by molar-refractivity contribution is 7.14. The number of carbonyl (C=O) groups is 1. The average molecular weight is 362 g/mol. The van der Waals surface area contributed by atoms with Crippen LogP contribution < -0.4 is 10.9 Å². The van der Waals surface area contributed by atoms with Crippen LogP contribution in [0.5, 0.6) is 0 Å². The molecule has 2 heterocycles. The summed E-state index contributed by atoms with van der Waals surface area (Å²) >= 11 is 1.34. The van der Waals surface area contributed by atoms with Gasteiger partial charge in [-0.05, 0) is 6.07 Å². The van der Waals surface area contributed by atoms with Gasteiger partial charge in [-0.3, -0.25) is 14.9 Å². The van der Waals surface area contributed by atoms with Gasteiger partial charge in [-0.15, -0.1) is 11.3 Å². The predicted octanol–water partition coefficient (Wildman–Crippen LogP) is 3.31. The second kappa shape index (κ2) is 6.53. The predicted molar refractivity (Wildman–Crippen MR) is 102 cm³/mol. The quantitative estimate of drug-likeness (QED) is 0.607. The van der Waals surface area contributed by atoms with E-state index in [-0.39, 0.29) is 11.3 Å². The second-order valence-corrected chi connectivity index (χ2v) is 6.54. The average Bonchev–Trinajstić information content (AvgIpc) is 3.14. The summed E-state index contributed by atoms with van der Waals surface area (Å²) in [7, 11) is 1.53. The molecule has 0 fully saturated rings. The number of fused-ring (bicyclic) bond motifs is 1. The minimum Gasteiger partial charge on any atom is -0.296 e. The molecule has 128 valence electrons. The Bertz CT molecular complexity index is 1170. The van der Waals surface area contributed by atoms with Gasteiger partial charge >= 0.3 is 0 Å². The molecular weight excluding hydrogens is 348 g/mol. The van der Waals surface area contributed by atoms with Gasteiger partial charge in [-0.25, -0.2) is 9.67 Å². The van der Waals surface area contributed by atoms with Gasteiger partial charge in [0.15, 0.2) is 10.8 Å². The summed E-state index contributed by atoms with van der Waals surface area (Å²) in [6, 6.07) is 16.7. The molecule has 4 aromatic rings. The zero-order valence-electron chi connectivity index (χ0n) is 13.8. The molecule has 0 bridgehead atoms. The summed E-state index contributed by atoms with van der Waals surface area (Å²) < 4.78 is 1.18. The van der Waals surface area contributed by atoms with Gasteiger partial charge < -0.3 is 0 Å². The maximum Gasteiger partial charge on any atom is 0.278 e. The first kappa shape index (κ1) is 16.2. The molecule has 0 aliphatic carbocycles. The van der Waals surface area contributed by atoms with E-state index in [9.17, 15) is 9.59 Å². The molecule has 1 N–H and O–H groups in total. The summed E-state index contributed by atoms with van der Waals surface area (Å²) in [5.74, 6) is -0.397. The fraction of sp³-hybridized carbons (Fsp3) is 0.0526. The van der Waals surface area contributed by atoms with Gasteiger partial charge in [0.1, 0.15) is 0 Å². The van der Waals surface area contributed by atoms with E-state index < -0.39 is 5.91 Å². The van der Waals surface area contributed by atoms with Crippen molar-refractivity contribution in [1.82, 2.24) is 14.8 Å². The molecule has 0 spiro atoms. The Morgan fingerprint density at radius 3 is 2.50 bits per heavy atom. The van der Waals surface area contributed by atoms with Crippen LogP contribution in [0.15, 0.2) is 64.8 Å². The van der Waals surface area contributed by atoms with Gasteiger partial charge in [-0.2, -0.15) is 5.10 Å². The molecule has 4 rings (SSSR count). The SMILES string of the molecule is Cn1nc(C(=O)Nc2nc(-c3ccccc3)cs2)c2ccccc2c1=O. The molecule has 0 saturated carbocycles. The van der Waals surface area contributed by atoms with E-state index in [4.69, 9.17) is 0 Å². The number of aryl methyl sites for hydroxylation is 1. The molecule has 7 heteroatoms. The third-order valence-electron chi connectivity index (χ3n) is 3.97. The van der Waals surface area contributed by atoms with Gasteiger partial charge in [0.05, 0.1) is 11.1 Å². The van der Waals surface area contributed by atoms with Crippen LogP contribution in [0.3, 0.4) is 0 Å². The number of nitrogens with zero attached hydrogens (tertiary/aromatic N) is 3. The number of hydrogen-bond donors (Lipinski definition) is 1. The van der Waals surface area contributed by atoms with Crippen LogP contribution in [0.25, 0.3) is 22.0 Å². The van der Waals surface area contributed by atoms with Crippen molar-refractivity contribution in [3.63, 3.8) is 0 Å². The van der Waals surface area contributed by atoms with E-state index in [0.29, 0.717) is 15.9 Å². The molecule has 0 unspecified atom stereocenters. The Balaban J connectivity index is 1.68. The lowest BCUT2D eigenvalue weighted by Crippen LogP contribution is -2.25. The number of aromatic nitrogens is 3. The summed E-state index contributed by atoms with van der Waals surface area (Å²) in [5.41, 5.74) is 1.73. The maximum atomic E-state index is 12.7. The van der Waals surface area contributed by atoms with E-state index in [0.717, 1.165) is 11.3 Å².